The van der Waals surface area contributed by atoms with E-state index in [1.54, 1.807) is 0 Å². The zero-order chi connectivity index (χ0) is 13.0. The van der Waals surface area contributed by atoms with Gasteiger partial charge in [0.25, 0.3) is 0 Å². The average Bonchev–Trinajstić information content (AvgIpc) is 2.63. The Morgan fingerprint density at radius 1 is 1.50 bits per heavy atom. The van der Waals surface area contributed by atoms with E-state index in [9.17, 15) is 0 Å². The van der Waals surface area contributed by atoms with Gasteiger partial charge < -0.3 is 5.32 Å². The summed E-state index contributed by atoms with van der Waals surface area (Å²) in [6.45, 7) is 7.97. The summed E-state index contributed by atoms with van der Waals surface area (Å²) >= 11 is 6.09. The first-order chi connectivity index (χ1) is 8.70. The van der Waals surface area contributed by atoms with E-state index >= 15 is 0 Å². The third kappa shape index (κ3) is 3.47. The minimum Gasteiger partial charge on any atom is -0.313 e. The van der Waals surface area contributed by atoms with Crippen LogP contribution in [-0.4, -0.2) is 30.6 Å². The molecule has 0 bridgehead atoms. The van der Waals surface area contributed by atoms with Crippen LogP contribution in [0.1, 0.15) is 38.3 Å². The standard InChI is InChI=1S/C15H23ClN2/c1-3-15-11-18(9-5-8-17-15)12(2)13-6-4-7-14(16)10-13/h4,6-7,10,12,15,17H,3,5,8-9,11H2,1-2H3. The van der Waals surface area contributed by atoms with Crippen molar-refractivity contribution in [2.45, 2.75) is 38.8 Å². The number of nitrogens with one attached hydrogen (secondary N) is 1. The van der Waals surface area contributed by atoms with E-state index in [-0.39, 0.29) is 0 Å². The number of halogens is 1. The molecule has 1 saturated heterocycles. The van der Waals surface area contributed by atoms with Crippen LogP contribution < -0.4 is 5.32 Å². The van der Waals surface area contributed by atoms with Crippen molar-refractivity contribution in [1.29, 1.82) is 0 Å². The summed E-state index contributed by atoms with van der Waals surface area (Å²) in [4.78, 5) is 2.57. The van der Waals surface area contributed by atoms with Gasteiger partial charge in [-0.15, -0.1) is 0 Å². The highest BCUT2D eigenvalue weighted by atomic mass is 35.5. The van der Waals surface area contributed by atoms with Gasteiger partial charge in [0.2, 0.25) is 0 Å². The van der Waals surface area contributed by atoms with Crippen LogP contribution in [0.4, 0.5) is 0 Å². The fourth-order valence-electron chi connectivity index (χ4n) is 2.63. The molecule has 2 rings (SSSR count). The fraction of sp³-hybridized carbons (Fsp3) is 0.600. The van der Waals surface area contributed by atoms with Gasteiger partial charge in [-0.3, -0.25) is 4.90 Å². The van der Waals surface area contributed by atoms with Crippen molar-refractivity contribution < 1.29 is 0 Å². The van der Waals surface area contributed by atoms with Crippen LogP contribution in [0.25, 0.3) is 0 Å². The van der Waals surface area contributed by atoms with Gasteiger partial charge in [0.15, 0.2) is 0 Å². The molecule has 100 valence electrons. The van der Waals surface area contributed by atoms with E-state index in [1.165, 1.54) is 18.4 Å². The minimum atomic E-state index is 0.442. The number of rotatable bonds is 3. The van der Waals surface area contributed by atoms with Gasteiger partial charge in [0.05, 0.1) is 0 Å². The molecule has 0 aliphatic carbocycles. The predicted molar refractivity (Wildman–Crippen MR) is 78.1 cm³/mol. The van der Waals surface area contributed by atoms with E-state index in [0.717, 1.165) is 24.7 Å². The molecular weight excluding hydrogens is 244 g/mol. The molecule has 1 heterocycles. The molecular formula is C15H23ClN2. The van der Waals surface area contributed by atoms with Crippen molar-refractivity contribution in [3.8, 4) is 0 Å². The third-order valence-corrected chi connectivity index (χ3v) is 4.12. The quantitative estimate of drug-likeness (QED) is 0.901. The van der Waals surface area contributed by atoms with E-state index < -0.39 is 0 Å². The Labute approximate surface area is 115 Å². The Bertz CT molecular complexity index is 381. The smallest absolute Gasteiger partial charge is 0.0409 e. The van der Waals surface area contributed by atoms with Gasteiger partial charge in [-0.1, -0.05) is 30.7 Å². The molecule has 0 radical (unpaired) electrons. The number of hydrogen-bond acceptors (Lipinski definition) is 2. The van der Waals surface area contributed by atoms with E-state index in [0.29, 0.717) is 12.1 Å². The highest BCUT2D eigenvalue weighted by Crippen LogP contribution is 2.24. The van der Waals surface area contributed by atoms with E-state index in [1.807, 2.05) is 12.1 Å². The van der Waals surface area contributed by atoms with Crippen molar-refractivity contribution >= 4 is 11.6 Å². The number of hydrogen-bond donors (Lipinski definition) is 1. The Balaban J connectivity index is 2.09. The lowest BCUT2D eigenvalue weighted by atomic mass is 10.1. The molecule has 1 fully saturated rings. The molecule has 18 heavy (non-hydrogen) atoms. The van der Waals surface area contributed by atoms with Crippen LogP contribution in [0.3, 0.4) is 0 Å². The summed E-state index contributed by atoms with van der Waals surface area (Å²) in [6, 6.07) is 9.31. The van der Waals surface area contributed by atoms with Gasteiger partial charge in [-0.25, -0.2) is 0 Å². The maximum atomic E-state index is 6.09. The van der Waals surface area contributed by atoms with Gasteiger partial charge in [-0.05, 0) is 44.0 Å². The Hall–Kier alpha value is -0.570. The number of benzene rings is 1. The molecule has 1 N–H and O–H groups in total. The van der Waals surface area contributed by atoms with Crippen LogP contribution in [0.15, 0.2) is 24.3 Å². The van der Waals surface area contributed by atoms with E-state index in [2.05, 4.69) is 36.2 Å². The van der Waals surface area contributed by atoms with Crippen LogP contribution in [-0.2, 0) is 0 Å². The van der Waals surface area contributed by atoms with Crippen LogP contribution in [0.2, 0.25) is 5.02 Å². The summed E-state index contributed by atoms with van der Waals surface area (Å²) in [5, 5.41) is 4.44. The summed E-state index contributed by atoms with van der Waals surface area (Å²) in [5.41, 5.74) is 1.32. The highest BCUT2D eigenvalue weighted by molar-refractivity contribution is 6.30. The lowest BCUT2D eigenvalue weighted by molar-refractivity contribution is 0.205. The van der Waals surface area contributed by atoms with Crippen molar-refractivity contribution in [1.82, 2.24) is 10.2 Å². The summed E-state index contributed by atoms with van der Waals surface area (Å²) in [6.07, 6.45) is 2.42. The highest BCUT2D eigenvalue weighted by Gasteiger charge is 2.21. The molecule has 0 saturated carbocycles. The predicted octanol–water partition coefficient (Wildman–Crippen LogP) is 3.47. The van der Waals surface area contributed by atoms with Crippen molar-refractivity contribution in [3.63, 3.8) is 0 Å². The topological polar surface area (TPSA) is 15.3 Å². The molecule has 2 atom stereocenters. The molecule has 2 unspecified atom stereocenters. The maximum Gasteiger partial charge on any atom is 0.0409 e. The zero-order valence-corrected chi connectivity index (χ0v) is 12.1. The Morgan fingerprint density at radius 2 is 2.33 bits per heavy atom. The lowest BCUT2D eigenvalue weighted by Gasteiger charge is -2.30. The van der Waals surface area contributed by atoms with E-state index in [4.69, 9.17) is 11.6 Å². The second-order valence-corrected chi connectivity index (χ2v) is 5.58. The monoisotopic (exact) mass is 266 g/mol. The first-order valence-corrected chi connectivity index (χ1v) is 7.31. The Kier molecular flexibility index (Phi) is 5.04. The largest absolute Gasteiger partial charge is 0.313 e. The maximum absolute atomic E-state index is 6.09. The number of nitrogens with zero attached hydrogens (tertiary/aromatic N) is 1. The third-order valence-electron chi connectivity index (χ3n) is 3.88. The second kappa shape index (κ2) is 6.55. The summed E-state index contributed by atoms with van der Waals surface area (Å²) in [7, 11) is 0. The zero-order valence-electron chi connectivity index (χ0n) is 11.3. The normalized spacial score (nSPS) is 23.6. The van der Waals surface area contributed by atoms with Crippen LogP contribution in [0, 0.1) is 0 Å². The first kappa shape index (κ1) is 13.9. The Morgan fingerprint density at radius 3 is 3.06 bits per heavy atom. The molecule has 3 heteroatoms. The lowest BCUT2D eigenvalue weighted by Crippen LogP contribution is -2.38. The molecule has 0 spiro atoms. The fourth-order valence-corrected chi connectivity index (χ4v) is 2.83. The molecule has 0 aromatic heterocycles. The van der Waals surface area contributed by atoms with Gasteiger partial charge >= 0.3 is 0 Å². The molecule has 1 aliphatic heterocycles. The molecule has 0 amide bonds. The van der Waals surface area contributed by atoms with Gasteiger partial charge in [0, 0.05) is 30.2 Å². The van der Waals surface area contributed by atoms with Crippen LogP contribution in [0.5, 0.6) is 0 Å². The minimum absolute atomic E-state index is 0.442. The molecule has 1 aromatic rings. The molecule has 1 aromatic carbocycles. The SMILES string of the molecule is CCC1CN(C(C)c2cccc(Cl)c2)CCCN1. The summed E-state index contributed by atoms with van der Waals surface area (Å²) in [5.74, 6) is 0. The van der Waals surface area contributed by atoms with Crippen LogP contribution >= 0.6 is 11.6 Å². The van der Waals surface area contributed by atoms with Crippen molar-refractivity contribution in [3.05, 3.63) is 34.9 Å². The van der Waals surface area contributed by atoms with Gasteiger partial charge in [-0.2, -0.15) is 0 Å². The first-order valence-electron chi connectivity index (χ1n) is 6.93. The molecule has 1 aliphatic rings. The molecule has 2 nitrogen and oxygen atoms in total. The average molecular weight is 267 g/mol. The second-order valence-electron chi connectivity index (χ2n) is 5.14. The van der Waals surface area contributed by atoms with Gasteiger partial charge in [0.1, 0.15) is 0 Å². The van der Waals surface area contributed by atoms with Crippen molar-refractivity contribution in [2.75, 3.05) is 19.6 Å². The summed E-state index contributed by atoms with van der Waals surface area (Å²) < 4.78 is 0. The van der Waals surface area contributed by atoms with Crippen molar-refractivity contribution in [2.24, 2.45) is 0 Å².